The highest BCUT2D eigenvalue weighted by Gasteiger charge is 2.24. The summed E-state index contributed by atoms with van der Waals surface area (Å²) < 4.78 is 0. The average molecular weight is 319 g/mol. The highest BCUT2D eigenvalue weighted by molar-refractivity contribution is 9.10. The molecule has 2 aromatic rings. The Balaban J connectivity index is 2.03. The van der Waals surface area contributed by atoms with Gasteiger partial charge >= 0.3 is 0 Å². The van der Waals surface area contributed by atoms with Gasteiger partial charge in [-0.1, -0.05) is 76.6 Å². The second kappa shape index (κ2) is 6.64. The lowest BCUT2D eigenvalue weighted by atomic mass is 10.0. The number of aliphatic hydroxyl groups excluding tert-OH is 1. The van der Waals surface area contributed by atoms with Crippen LogP contribution < -0.4 is 0 Å². The van der Waals surface area contributed by atoms with Crippen LogP contribution in [0.3, 0.4) is 0 Å². The molecule has 19 heavy (non-hydrogen) atoms. The van der Waals surface area contributed by atoms with Crippen molar-refractivity contribution in [2.24, 2.45) is 0 Å². The molecule has 2 unspecified atom stereocenters. The number of benzene rings is 2. The fourth-order valence-electron chi connectivity index (χ4n) is 1.89. The maximum absolute atomic E-state index is 12.1. The van der Waals surface area contributed by atoms with Gasteiger partial charge in [-0.15, -0.1) is 0 Å². The van der Waals surface area contributed by atoms with Crippen molar-refractivity contribution in [2.45, 2.75) is 17.4 Å². The van der Waals surface area contributed by atoms with Gasteiger partial charge in [-0.2, -0.15) is 0 Å². The molecule has 2 rings (SSSR count). The number of rotatable bonds is 5. The van der Waals surface area contributed by atoms with Gasteiger partial charge in [0.15, 0.2) is 5.78 Å². The predicted molar refractivity (Wildman–Crippen MR) is 79.3 cm³/mol. The predicted octanol–water partition coefficient (Wildman–Crippen LogP) is 3.30. The second-order valence-electron chi connectivity index (χ2n) is 4.39. The Bertz CT molecular complexity index is 525. The molecule has 0 saturated heterocycles. The van der Waals surface area contributed by atoms with Crippen molar-refractivity contribution < 1.29 is 9.90 Å². The number of aliphatic hydroxyl groups is 1. The van der Waals surface area contributed by atoms with Crippen LogP contribution in [-0.2, 0) is 11.2 Å². The van der Waals surface area contributed by atoms with Crippen LogP contribution in [0.2, 0.25) is 0 Å². The Labute approximate surface area is 121 Å². The first kappa shape index (κ1) is 14.0. The number of halogens is 1. The molecule has 2 aromatic carbocycles. The van der Waals surface area contributed by atoms with Crippen LogP contribution in [-0.4, -0.2) is 15.7 Å². The van der Waals surface area contributed by atoms with Crippen LogP contribution in [0.4, 0.5) is 0 Å². The normalized spacial score (nSPS) is 13.8. The summed E-state index contributed by atoms with van der Waals surface area (Å²) in [7, 11) is 0. The lowest BCUT2D eigenvalue weighted by Gasteiger charge is -2.16. The molecule has 0 aliphatic heterocycles. The average Bonchev–Trinajstić information content (AvgIpc) is 2.47. The van der Waals surface area contributed by atoms with Crippen molar-refractivity contribution in [1.82, 2.24) is 0 Å². The highest BCUT2D eigenvalue weighted by atomic mass is 79.9. The quantitative estimate of drug-likeness (QED) is 0.859. The summed E-state index contributed by atoms with van der Waals surface area (Å²) in [5, 5.41) is 10.2. The Morgan fingerprint density at radius 1 is 1.00 bits per heavy atom. The molecule has 2 atom stereocenters. The van der Waals surface area contributed by atoms with Crippen molar-refractivity contribution in [3.8, 4) is 0 Å². The zero-order valence-corrected chi connectivity index (χ0v) is 12.0. The fourth-order valence-corrected chi connectivity index (χ4v) is 2.36. The first-order valence-electron chi connectivity index (χ1n) is 6.12. The van der Waals surface area contributed by atoms with Crippen LogP contribution in [0.25, 0.3) is 0 Å². The molecule has 0 radical (unpaired) electrons. The van der Waals surface area contributed by atoms with E-state index in [0.717, 1.165) is 11.1 Å². The number of Topliss-reactive ketones (excluding diaryl/α,β-unsaturated/α-hetero) is 1. The first-order chi connectivity index (χ1) is 9.18. The van der Waals surface area contributed by atoms with E-state index < -0.39 is 10.9 Å². The first-order valence-corrected chi connectivity index (χ1v) is 7.04. The lowest BCUT2D eigenvalue weighted by Crippen LogP contribution is -2.24. The van der Waals surface area contributed by atoms with Gasteiger partial charge in [-0.25, -0.2) is 0 Å². The minimum absolute atomic E-state index is 0.0254. The van der Waals surface area contributed by atoms with Crippen LogP contribution in [0.1, 0.15) is 17.2 Å². The molecule has 1 N–H and O–H groups in total. The molecule has 0 spiro atoms. The van der Waals surface area contributed by atoms with E-state index in [2.05, 4.69) is 15.9 Å². The number of hydrogen-bond donors (Lipinski definition) is 1. The molecule has 0 saturated carbocycles. The molecule has 0 fully saturated rings. The van der Waals surface area contributed by atoms with Gasteiger partial charge in [0, 0.05) is 6.42 Å². The largest absolute Gasteiger partial charge is 0.387 e. The number of carbonyl (C=O) groups is 1. The third kappa shape index (κ3) is 3.75. The van der Waals surface area contributed by atoms with E-state index in [0.29, 0.717) is 6.42 Å². The minimum Gasteiger partial charge on any atom is -0.387 e. The van der Waals surface area contributed by atoms with Crippen molar-refractivity contribution >= 4 is 21.7 Å². The maximum Gasteiger partial charge on any atom is 0.153 e. The van der Waals surface area contributed by atoms with Crippen molar-refractivity contribution in [3.05, 3.63) is 71.8 Å². The highest BCUT2D eigenvalue weighted by Crippen LogP contribution is 2.24. The Kier molecular flexibility index (Phi) is 4.88. The van der Waals surface area contributed by atoms with Gasteiger partial charge in [0.1, 0.15) is 4.83 Å². The summed E-state index contributed by atoms with van der Waals surface area (Å²) in [6, 6.07) is 18.7. The van der Waals surface area contributed by atoms with Crippen molar-refractivity contribution in [3.63, 3.8) is 0 Å². The molecule has 0 bridgehead atoms. The zero-order valence-electron chi connectivity index (χ0n) is 10.4. The van der Waals surface area contributed by atoms with Crippen LogP contribution in [0, 0.1) is 0 Å². The Morgan fingerprint density at radius 3 is 2.11 bits per heavy atom. The molecule has 0 heterocycles. The van der Waals surface area contributed by atoms with E-state index in [1.165, 1.54) is 0 Å². The maximum atomic E-state index is 12.1. The molecular weight excluding hydrogens is 304 g/mol. The summed E-state index contributed by atoms with van der Waals surface area (Å²) in [6.45, 7) is 0. The van der Waals surface area contributed by atoms with Crippen molar-refractivity contribution in [1.29, 1.82) is 0 Å². The van der Waals surface area contributed by atoms with Gasteiger partial charge in [0.05, 0.1) is 6.10 Å². The zero-order chi connectivity index (χ0) is 13.7. The molecule has 0 amide bonds. The van der Waals surface area contributed by atoms with Crippen LogP contribution in [0.5, 0.6) is 0 Å². The Morgan fingerprint density at radius 2 is 1.53 bits per heavy atom. The van der Waals surface area contributed by atoms with Gasteiger partial charge in [-0.3, -0.25) is 4.79 Å². The van der Waals surface area contributed by atoms with Crippen LogP contribution in [0.15, 0.2) is 60.7 Å². The molecule has 0 aliphatic carbocycles. The fraction of sp³-hybridized carbons (Fsp3) is 0.188. The van der Waals surface area contributed by atoms with Gasteiger partial charge in [-0.05, 0) is 11.1 Å². The summed E-state index contributed by atoms with van der Waals surface area (Å²) in [5.74, 6) is -0.0254. The molecule has 3 heteroatoms. The van der Waals surface area contributed by atoms with Crippen molar-refractivity contribution in [2.75, 3.05) is 0 Å². The Hall–Kier alpha value is -1.45. The lowest BCUT2D eigenvalue weighted by molar-refractivity contribution is -0.119. The van der Waals surface area contributed by atoms with E-state index in [4.69, 9.17) is 0 Å². The van der Waals surface area contributed by atoms with E-state index in [1.54, 1.807) is 0 Å². The van der Waals surface area contributed by atoms with Gasteiger partial charge in [0.25, 0.3) is 0 Å². The number of hydrogen-bond acceptors (Lipinski definition) is 2. The van der Waals surface area contributed by atoms with Gasteiger partial charge in [0.2, 0.25) is 0 Å². The number of carbonyl (C=O) groups excluding carboxylic acids is 1. The minimum atomic E-state index is -0.822. The van der Waals surface area contributed by atoms with Crippen LogP contribution >= 0.6 is 15.9 Å². The summed E-state index contributed by atoms with van der Waals surface area (Å²) in [5.41, 5.74) is 1.70. The van der Waals surface area contributed by atoms with E-state index in [9.17, 15) is 9.90 Å². The monoisotopic (exact) mass is 318 g/mol. The number of ketones is 1. The second-order valence-corrected chi connectivity index (χ2v) is 5.37. The van der Waals surface area contributed by atoms with E-state index >= 15 is 0 Å². The topological polar surface area (TPSA) is 37.3 Å². The third-order valence-corrected chi connectivity index (χ3v) is 3.96. The van der Waals surface area contributed by atoms with E-state index in [1.807, 2.05) is 60.7 Å². The summed E-state index contributed by atoms with van der Waals surface area (Å²) >= 11 is 3.30. The molecule has 0 aromatic heterocycles. The molecule has 98 valence electrons. The standard InChI is InChI=1S/C16H15BrO2/c17-15(16(19)13-9-5-2-6-10-13)14(18)11-12-7-3-1-4-8-12/h1-10,15-16,19H,11H2. The third-order valence-electron chi connectivity index (χ3n) is 2.95. The SMILES string of the molecule is O=C(Cc1ccccc1)C(Br)C(O)c1ccccc1. The van der Waals surface area contributed by atoms with E-state index in [-0.39, 0.29) is 5.78 Å². The molecule has 0 aliphatic rings. The number of alkyl halides is 1. The summed E-state index contributed by atoms with van der Waals surface area (Å²) in [4.78, 5) is 11.5. The summed E-state index contributed by atoms with van der Waals surface area (Å²) in [6.07, 6.45) is -0.502. The molecular formula is C16H15BrO2. The van der Waals surface area contributed by atoms with Gasteiger partial charge < -0.3 is 5.11 Å². The molecule has 2 nitrogen and oxygen atoms in total. The smallest absolute Gasteiger partial charge is 0.153 e.